The minimum Gasteiger partial charge on any atom is -0.294 e. The van der Waals surface area contributed by atoms with Gasteiger partial charge in [0.2, 0.25) is 0 Å². The third kappa shape index (κ3) is 3.35. The van der Waals surface area contributed by atoms with Crippen LogP contribution in [0.3, 0.4) is 0 Å². The molecule has 1 nitrogen and oxygen atoms in total. The van der Waals surface area contributed by atoms with Crippen molar-refractivity contribution in [1.82, 2.24) is 0 Å². The second kappa shape index (κ2) is 6.04. The summed E-state index contributed by atoms with van der Waals surface area (Å²) >= 11 is 15.1. The van der Waals surface area contributed by atoms with E-state index in [0.29, 0.717) is 16.1 Å². The summed E-state index contributed by atoms with van der Waals surface area (Å²) in [6.07, 6.45) is 0.00671. The molecule has 0 atom stereocenters. The van der Waals surface area contributed by atoms with E-state index in [9.17, 15) is 9.18 Å². The molecule has 2 aromatic carbocycles. The summed E-state index contributed by atoms with van der Waals surface area (Å²) in [5, 5.41) is 0.336. The van der Waals surface area contributed by atoms with Gasteiger partial charge in [0.05, 0.1) is 10.0 Å². The van der Waals surface area contributed by atoms with Gasteiger partial charge in [0, 0.05) is 16.5 Å². The van der Waals surface area contributed by atoms with Gasteiger partial charge in [-0.2, -0.15) is 0 Å². The van der Waals surface area contributed by atoms with Crippen molar-refractivity contribution in [2.75, 3.05) is 0 Å². The number of halogens is 4. The average molecular weight is 362 g/mol. The van der Waals surface area contributed by atoms with Gasteiger partial charge in [-0.05, 0) is 29.8 Å². The van der Waals surface area contributed by atoms with Crippen molar-refractivity contribution in [1.29, 1.82) is 0 Å². The predicted octanol–water partition coefficient (Wildman–Crippen LogP) is 5.32. The first kappa shape index (κ1) is 14.5. The van der Waals surface area contributed by atoms with Crippen LogP contribution in [0.15, 0.2) is 40.9 Å². The summed E-state index contributed by atoms with van der Waals surface area (Å²) in [4.78, 5) is 12.2. The lowest BCUT2D eigenvalue weighted by molar-refractivity contribution is 0.0993. The van der Waals surface area contributed by atoms with Crippen LogP contribution in [-0.4, -0.2) is 5.78 Å². The molecule has 0 saturated carbocycles. The quantitative estimate of drug-likeness (QED) is 0.676. The third-order valence-corrected chi connectivity index (χ3v) is 3.86. The van der Waals surface area contributed by atoms with Crippen LogP contribution in [-0.2, 0) is 6.42 Å². The molecule has 5 heteroatoms. The van der Waals surface area contributed by atoms with Crippen molar-refractivity contribution >= 4 is 44.9 Å². The molecule has 0 bridgehead atoms. The van der Waals surface area contributed by atoms with Crippen molar-refractivity contribution in [3.05, 3.63) is 67.9 Å². The Balaban J connectivity index is 2.31. The first-order valence-electron chi connectivity index (χ1n) is 5.40. The molecule has 0 N–H and O–H groups in total. The van der Waals surface area contributed by atoms with Gasteiger partial charge in [-0.15, -0.1) is 0 Å². The highest BCUT2D eigenvalue weighted by Gasteiger charge is 2.14. The maximum Gasteiger partial charge on any atom is 0.168 e. The molecular weight excluding hydrogens is 354 g/mol. The molecule has 0 aliphatic carbocycles. The Morgan fingerprint density at radius 3 is 2.68 bits per heavy atom. The Labute approximate surface area is 128 Å². The maximum absolute atomic E-state index is 13.3. The molecule has 0 aliphatic heterocycles. The SMILES string of the molecule is O=C(Cc1cccc(F)c1Cl)c1cc(Br)ccc1Cl. The van der Waals surface area contributed by atoms with Gasteiger partial charge in [-0.25, -0.2) is 4.39 Å². The van der Waals surface area contributed by atoms with E-state index >= 15 is 0 Å². The van der Waals surface area contributed by atoms with Gasteiger partial charge < -0.3 is 0 Å². The molecule has 0 fully saturated rings. The summed E-state index contributed by atoms with van der Waals surface area (Å²) < 4.78 is 14.1. The summed E-state index contributed by atoms with van der Waals surface area (Å²) in [5.74, 6) is -0.744. The molecule has 0 unspecified atom stereocenters. The minimum atomic E-state index is -0.535. The highest BCUT2D eigenvalue weighted by molar-refractivity contribution is 9.10. The van der Waals surface area contributed by atoms with Crippen LogP contribution in [0.5, 0.6) is 0 Å². The van der Waals surface area contributed by atoms with Gasteiger partial charge in [0.1, 0.15) is 5.82 Å². The normalized spacial score (nSPS) is 10.5. The van der Waals surface area contributed by atoms with Crippen LogP contribution >= 0.6 is 39.1 Å². The summed E-state index contributed by atoms with van der Waals surface area (Å²) in [7, 11) is 0. The molecule has 2 aromatic rings. The van der Waals surface area contributed by atoms with E-state index in [1.807, 2.05) is 0 Å². The largest absolute Gasteiger partial charge is 0.294 e. The number of carbonyl (C=O) groups is 1. The first-order valence-corrected chi connectivity index (χ1v) is 6.95. The number of rotatable bonds is 3. The van der Waals surface area contributed by atoms with E-state index < -0.39 is 5.82 Å². The van der Waals surface area contributed by atoms with Gasteiger partial charge >= 0.3 is 0 Å². The number of benzene rings is 2. The average Bonchev–Trinajstić information content (AvgIpc) is 2.38. The monoisotopic (exact) mass is 360 g/mol. The lowest BCUT2D eigenvalue weighted by atomic mass is 10.0. The molecule has 19 heavy (non-hydrogen) atoms. The molecule has 2 rings (SSSR count). The topological polar surface area (TPSA) is 17.1 Å². The number of hydrogen-bond acceptors (Lipinski definition) is 1. The predicted molar refractivity (Wildman–Crippen MR) is 78.6 cm³/mol. The summed E-state index contributed by atoms with van der Waals surface area (Å²) in [6, 6.07) is 9.40. The van der Waals surface area contributed by atoms with E-state index in [1.54, 1.807) is 24.3 Å². The highest BCUT2D eigenvalue weighted by atomic mass is 79.9. The zero-order chi connectivity index (χ0) is 14.0. The summed E-state index contributed by atoms with van der Waals surface area (Å²) in [5.41, 5.74) is 0.832. The van der Waals surface area contributed by atoms with Crippen molar-refractivity contribution in [3.63, 3.8) is 0 Å². The van der Waals surface area contributed by atoms with Gasteiger partial charge in [0.25, 0.3) is 0 Å². The first-order chi connectivity index (χ1) is 8.99. The Bertz CT molecular complexity index is 643. The summed E-state index contributed by atoms with van der Waals surface area (Å²) in [6.45, 7) is 0. The fraction of sp³-hybridized carbons (Fsp3) is 0.0714. The Morgan fingerprint density at radius 1 is 1.21 bits per heavy atom. The molecule has 98 valence electrons. The van der Waals surface area contributed by atoms with Crippen LogP contribution in [0.1, 0.15) is 15.9 Å². The standard InChI is InChI=1S/C14H8BrCl2FO/c15-9-4-5-11(16)10(7-9)13(19)6-8-2-1-3-12(18)14(8)17/h1-5,7H,6H2. The Hall–Kier alpha value is -0.900. The number of carbonyl (C=O) groups excluding carboxylic acids is 1. The van der Waals surface area contributed by atoms with Crippen molar-refractivity contribution in [3.8, 4) is 0 Å². The van der Waals surface area contributed by atoms with Crippen LogP contribution in [0, 0.1) is 5.82 Å². The molecule has 0 aromatic heterocycles. The number of Topliss-reactive ketones (excluding diaryl/α,β-unsaturated/α-hetero) is 1. The zero-order valence-electron chi connectivity index (χ0n) is 9.59. The number of ketones is 1. The molecule has 0 heterocycles. The smallest absolute Gasteiger partial charge is 0.168 e. The van der Waals surface area contributed by atoms with E-state index in [0.717, 1.165) is 4.47 Å². The van der Waals surface area contributed by atoms with Crippen LogP contribution in [0.4, 0.5) is 4.39 Å². The molecule has 0 radical (unpaired) electrons. The van der Waals surface area contributed by atoms with Crippen LogP contribution < -0.4 is 0 Å². The number of hydrogen-bond donors (Lipinski definition) is 0. The Morgan fingerprint density at radius 2 is 1.95 bits per heavy atom. The van der Waals surface area contributed by atoms with Crippen molar-refractivity contribution < 1.29 is 9.18 Å². The minimum absolute atomic E-state index is 0.00671. The Kier molecular flexibility index (Phi) is 4.61. The zero-order valence-corrected chi connectivity index (χ0v) is 12.7. The second-order valence-corrected chi connectivity index (χ2v) is 5.64. The third-order valence-electron chi connectivity index (χ3n) is 2.61. The molecule has 0 spiro atoms. The fourth-order valence-corrected chi connectivity index (χ4v) is 2.44. The van der Waals surface area contributed by atoms with Crippen LogP contribution in [0.25, 0.3) is 0 Å². The lowest BCUT2D eigenvalue weighted by Crippen LogP contribution is -2.05. The second-order valence-electron chi connectivity index (χ2n) is 3.94. The van der Waals surface area contributed by atoms with E-state index in [1.165, 1.54) is 12.1 Å². The highest BCUT2D eigenvalue weighted by Crippen LogP contribution is 2.25. The molecule has 0 amide bonds. The van der Waals surface area contributed by atoms with E-state index in [4.69, 9.17) is 23.2 Å². The molecule has 0 aliphatic rings. The van der Waals surface area contributed by atoms with Gasteiger partial charge in [-0.3, -0.25) is 4.79 Å². The van der Waals surface area contributed by atoms with Gasteiger partial charge in [0.15, 0.2) is 5.78 Å². The van der Waals surface area contributed by atoms with Gasteiger partial charge in [-0.1, -0.05) is 51.3 Å². The van der Waals surface area contributed by atoms with Crippen molar-refractivity contribution in [2.45, 2.75) is 6.42 Å². The van der Waals surface area contributed by atoms with Crippen LogP contribution in [0.2, 0.25) is 10.0 Å². The lowest BCUT2D eigenvalue weighted by Gasteiger charge is -2.06. The maximum atomic E-state index is 13.3. The fourth-order valence-electron chi connectivity index (χ4n) is 1.66. The molecule has 0 saturated heterocycles. The molecular formula is C14H8BrCl2FO. The van der Waals surface area contributed by atoms with E-state index in [2.05, 4.69) is 15.9 Å². The van der Waals surface area contributed by atoms with Crippen molar-refractivity contribution in [2.24, 2.45) is 0 Å². The van der Waals surface area contributed by atoms with E-state index in [-0.39, 0.29) is 17.2 Å².